The molecule has 0 heterocycles. The van der Waals surface area contributed by atoms with Crippen molar-refractivity contribution in [1.82, 2.24) is 0 Å². The minimum absolute atomic E-state index is 0.603. The van der Waals surface area contributed by atoms with E-state index in [1.54, 1.807) is 0 Å². The predicted octanol–water partition coefficient (Wildman–Crippen LogP) is 0.912. The Labute approximate surface area is 67.2 Å². The maximum atomic E-state index is 5.51. The fourth-order valence-corrected chi connectivity index (χ4v) is 1.11. The number of hydrogen-bond acceptors (Lipinski definition) is 2. The van der Waals surface area contributed by atoms with Crippen LogP contribution < -0.4 is 11.5 Å². The van der Waals surface area contributed by atoms with Crippen molar-refractivity contribution in [3.8, 4) is 0 Å². The van der Waals surface area contributed by atoms with Crippen molar-refractivity contribution < 1.29 is 0 Å². The summed E-state index contributed by atoms with van der Waals surface area (Å²) in [4.78, 5) is 0. The Morgan fingerprint density at radius 1 is 1.18 bits per heavy atom. The van der Waals surface area contributed by atoms with Gasteiger partial charge < -0.3 is 11.5 Å². The quantitative estimate of drug-likeness (QED) is 0.658. The normalized spacial score (nSPS) is 10.1. The van der Waals surface area contributed by atoms with Crippen molar-refractivity contribution in [3.63, 3.8) is 0 Å². The summed E-state index contributed by atoms with van der Waals surface area (Å²) in [5.41, 5.74) is 14.6. The van der Waals surface area contributed by atoms with Gasteiger partial charge in [0.1, 0.15) is 0 Å². The molecule has 0 aliphatic rings. The zero-order valence-corrected chi connectivity index (χ0v) is 6.80. The standard InChI is InChI=1S/C9H14N2/c1-7-4-8(5-10)2-3-9(7)6-11/h2-4H,5-6,10-11H2,1H3. The van der Waals surface area contributed by atoms with Gasteiger partial charge in [0.15, 0.2) is 0 Å². The molecule has 2 heteroatoms. The molecule has 0 bridgehead atoms. The molecule has 0 spiro atoms. The molecule has 4 N–H and O–H groups in total. The number of rotatable bonds is 2. The number of aryl methyl sites for hydroxylation is 1. The average Bonchev–Trinajstić information content (AvgIpc) is 2.04. The summed E-state index contributed by atoms with van der Waals surface area (Å²) in [6.07, 6.45) is 0. The molecule has 0 aliphatic heterocycles. The Bertz CT molecular complexity index is 243. The smallest absolute Gasteiger partial charge is 0.0180 e. The molecule has 11 heavy (non-hydrogen) atoms. The maximum Gasteiger partial charge on any atom is 0.0180 e. The van der Waals surface area contributed by atoms with E-state index in [0.29, 0.717) is 13.1 Å². The van der Waals surface area contributed by atoms with Crippen molar-refractivity contribution in [2.45, 2.75) is 20.0 Å². The molecule has 0 unspecified atom stereocenters. The Morgan fingerprint density at radius 2 is 1.91 bits per heavy atom. The summed E-state index contributed by atoms with van der Waals surface area (Å²) in [6.45, 7) is 3.27. The predicted molar refractivity (Wildman–Crippen MR) is 47.0 cm³/mol. The lowest BCUT2D eigenvalue weighted by atomic mass is 10.1. The van der Waals surface area contributed by atoms with Gasteiger partial charge in [-0.05, 0) is 23.6 Å². The summed E-state index contributed by atoms with van der Waals surface area (Å²) < 4.78 is 0. The van der Waals surface area contributed by atoms with E-state index in [1.807, 2.05) is 12.1 Å². The average molecular weight is 150 g/mol. The second-order valence-electron chi connectivity index (χ2n) is 2.67. The fourth-order valence-electron chi connectivity index (χ4n) is 1.11. The molecule has 0 fully saturated rings. The Morgan fingerprint density at radius 3 is 2.36 bits per heavy atom. The Balaban J connectivity index is 2.99. The monoisotopic (exact) mass is 150 g/mol. The van der Waals surface area contributed by atoms with Gasteiger partial charge in [0.25, 0.3) is 0 Å². The van der Waals surface area contributed by atoms with Crippen molar-refractivity contribution in [2.24, 2.45) is 11.5 Å². The third-order valence-corrected chi connectivity index (χ3v) is 1.86. The van der Waals surface area contributed by atoms with E-state index in [1.165, 1.54) is 16.7 Å². The molecule has 1 rings (SSSR count). The van der Waals surface area contributed by atoms with Gasteiger partial charge in [0, 0.05) is 13.1 Å². The fraction of sp³-hybridized carbons (Fsp3) is 0.333. The van der Waals surface area contributed by atoms with E-state index in [9.17, 15) is 0 Å². The highest BCUT2D eigenvalue weighted by atomic mass is 14.5. The van der Waals surface area contributed by atoms with E-state index in [4.69, 9.17) is 11.5 Å². The minimum Gasteiger partial charge on any atom is -0.326 e. The van der Waals surface area contributed by atoms with Crippen LogP contribution in [0.4, 0.5) is 0 Å². The van der Waals surface area contributed by atoms with Crippen molar-refractivity contribution in [3.05, 3.63) is 34.9 Å². The summed E-state index contributed by atoms with van der Waals surface area (Å²) >= 11 is 0. The van der Waals surface area contributed by atoms with Gasteiger partial charge in [-0.25, -0.2) is 0 Å². The van der Waals surface area contributed by atoms with Crippen LogP contribution in [-0.4, -0.2) is 0 Å². The lowest BCUT2D eigenvalue weighted by Crippen LogP contribution is -2.01. The number of benzene rings is 1. The molecular formula is C9H14N2. The number of nitrogens with two attached hydrogens (primary N) is 2. The van der Waals surface area contributed by atoms with Crippen LogP contribution in [0.1, 0.15) is 16.7 Å². The van der Waals surface area contributed by atoms with E-state index in [-0.39, 0.29) is 0 Å². The summed E-state index contributed by atoms with van der Waals surface area (Å²) in [5.74, 6) is 0. The molecule has 0 saturated carbocycles. The lowest BCUT2D eigenvalue weighted by Gasteiger charge is -2.04. The lowest BCUT2D eigenvalue weighted by molar-refractivity contribution is 1.02. The SMILES string of the molecule is Cc1cc(CN)ccc1CN. The van der Waals surface area contributed by atoms with Crippen LogP contribution in [0.15, 0.2) is 18.2 Å². The molecule has 0 atom stereocenters. The van der Waals surface area contributed by atoms with Crippen LogP contribution in [0.2, 0.25) is 0 Å². The molecular weight excluding hydrogens is 136 g/mol. The van der Waals surface area contributed by atoms with Crippen LogP contribution in [0.5, 0.6) is 0 Å². The van der Waals surface area contributed by atoms with Gasteiger partial charge in [0.05, 0.1) is 0 Å². The van der Waals surface area contributed by atoms with Gasteiger partial charge in [-0.2, -0.15) is 0 Å². The highest BCUT2D eigenvalue weighted by molar-refractivity contribution is 5.30. The maximum absolute atomic E-state index is 5.51. The van der Waals surface area contributed by atoms with Crippen LogP contribution in [0.25, 0.3) is 0 Å². The second-order valence-corrected chi connectivity index (χ2v) is 2.67. The van der Waals surface area contributed by atoms with Crippen molar-refractivity contribution in [2.75, 3.05) is 0 Å². The highest BCUT2D eigenvalue weighted by Crippen LogP contribution is 2.09. The first kappa shape index (κ1) is 8.24. The molecule has 1 aromatic carbocycles. The van der Waals surface area contributed by atoms with Crippen LogP contribution >= 0.6 is 0 Å². The third-order valence-electron chi connectivity index (χ3n) is 1.86. The Kier molecular flexibility index (Phi) is 2.63. The highest BCUT2D eigenvalue weighted by Gasteiger charge is 1.95. The summed E-state index contributed by atoms with van der Waals surface area (Å²) in [6, 6.07) is 6.15. The van der Waals surface area contributed by atoms with Gasteiger partial charge >= 0.3 is 0 Å². The van der Waals surface area contributed by atoms with Gasteiger partial charge in [0.2, 0.25) is 0 Å². The third kappa shape index (κ3) is 1.79. The first-order valence-corrected chi connectivity index (χ1v) is 3.76. The topological polar surface area (TPSA) is 52.0 Å². The minimum atomic E-state index is 0.603. The van der Waals surface area contributed by atoms with Crippen LogP contribution in [0, 0.1) is 6.92 Å². The van der Waals surface area contributed by atoms with E-state index in [2.05, 4.69) is 13.0 Å². The zero-order chi connectivity index (χ0) is 8.27. The molecule has 0 aromatic heterocycles. The van der Waals surface area contributed by atoms with E-state index < -0.39 is 0 Å². The molecule has 0 radical (unpaired) electrons. The number of hydrogen-bond donors (Lipinski definition) is 2. The molecule has 2 nitrogen and oxygen atoms in total. The van der Waals surface area contributed by atoms with Crippen molar-refractivity contribution in [1.29, 1.82) is 0 Å². The Hall–Kier alpha value is -0.860. The molecule has 1 aromatic rings. The van der Waals surface area contributed by atoms with Crippen molar-refractivity contribution >= 4 is 0 Å². The first-order chi connectivity index (χ1) is 5.27. The van der Waals surface area contributed by atoms with Gasteiger partial charge in [-0.15, -0.1) is 0 Å². The van der Waals surface area contributed by atoms with Gasteiger partial charge in [-0.3, -0.25) is 0 Å². The second kappa shape index (κ2) is 3.51. The van der Waals surface area contributed by atoms with Crippen LogP contribution in [0.3, 0.4) is 0 Å². The van der Waals surface area contributed by atoms with E-state index in [0.717, 1.165) is 0 Å². The molecule has 60 valence electrons. The van der Waals surface area contributed by atoms with E-state index >= 15 is 0 Å². The van der Waals surface area contributed by atoms with Gasteiger partial charge in [-0.1, -0.05) is 18.2 Å². The zero-order valence-electron chi connectivity index (χ0n) is 6.80. The largest absolute Gasteiger partial charge is 0.326 e. The molecule has 0 saturated heterocycles. The molecule has 0 aliphatic carbocycles. The molecule has 0 amide bonds. The summed E-state index contributed by atoms with van der Waals surface area (Å²) in [5, 5.41) is 0. The first-order valence-electron chi connectivity index (χ1n) is 3.76. The summed E-state index contributed by atoms with van der Waals surface area (Å²) in [7, 11) is 0. The van der Waals surface area contributed by atoms with Crippen LogP contribution in [-0.2, 0) is 13.1 Å².